The molecule has 0 radical (unpaired) electrons. The number of hydrogen-bond acceptors (Lipinski definition) is 4. The van der Waals surface area contributed by atoms with Crippen LogP contribution in [0.5, 0.6) is 5.75 Å². The standard InChI is InChI=1S/C25H25ClN4O3/c1-33-21-12-10-20(11-13-21)30-14-22(16-4-6-18(26)7-5-16)27-25(30)28-23(31)15-29(19-8-9-19)24(32)17-2-3-17/h4-7,10-14,17,19H,2-3,8-9,15H2,1H3,(H,27,28,31). The van der Waals surface area contributed by atoms with Crippen LogP contribution in [0, 0.1) is 5.92 Å². The van der Waals surface area contributed by atoms with E-state index in [1.54, 1.807) is 24.1 Å². The number of benzene rings is 2. The van der Waals surface area contributed by atoms with E-state index in [1.165, 1.54) is 0 Å². The Bertz CT molecular complexity index is 1170. The lowest BCUT2D eigenvalue weighted by Gasteiger charge is -2.21. The summed E-state index contributed by atoms with van der Waals surface area (Å²) in [5.41, 5.74) is 2.41. The molecule has 2 aliphatic carbocycles. The van der Waals surface area contributed by atoms with E-state index in [9.17, 15) is 9.59 Å². The SMILES string of the molecule is COc1ccc(-n2cc(-c3ccc(Cl)cc3)nc2NC(=O)CN(C(=O)C2CC2)C2CC2)cc1. The van der Waals surface area contributed by atoms with Crippen LogP contribution in [0.25, 0.3) is 16.9 Å². The lowest BCUT2D eigenvalue weighted by atomic mass is 10.2. The molecule has 0 aliphatic heterocycles. The fourth-order valence-corrected chi connectivity index (χ4v) is 3.95. The van der Waals surface area contributed by atoms with Crippen molar-refractivity contribution in [2.45, 2.75) is 31.7 Å². The number of ether oxygens (including phenoxy) is 1. The average molecular weight is 465 g/mol. The molecule has 1 aromatic heterocycles. The van der Waals surface area contributed by atoms with Crippen molar-refractivity contribution in [3.63, 3.8) is 0 Å². The van der Waals surface area contributed by atoms with Crippen molar-refractivity contribution in [1.82, 2.24) is 14.5 Å². The van der Waals surface area contributed by atoms with E-state index in [2.05, 4.69) is 10.3 Å². The molecule has 170 valence electrons. The fourth-order valence-electron chi connectivity index (χ4n) is 3.82. The van der Waals surface area contributed by atoms with E-state index in [4.69, 9.17) is 16.3 Å². The number of methoxy groups -OCH3 is 1. The van der Waals surface area contributed by atoms with Gasteiger partial charge in [-0.15, -0.1) is 0 Å². The fraction of sp³-hybridized carbons (Fsp3) is 0.320. The van der Waals surface area contributed by atoms with E-state index in [0.29, 0.717) is 16.7 Å². The number of halogens is 1. The van der Waals surface area contributed by atoms with E-state index < -0.39 is 0 Å². The molecule has 2 aromatic carbocycles. The van der Waals surface area contributed by atoms with E-state index in [0.717, 1.165) is 42.7 Å². The predicted molar refractivity (Wildman–Crippen MR) is 127 cm³/mol. The molecule has 8 heteroatoms. The van der Waals surface area contributed by atoms with Gasteiger partial charge in [0.25, 0.3) is 0 Å². The largest absolute Gasteiger partial charge is 0.497 e. The number of nitrogens with one attached hydrogen (secondary N) is 1. The highest BCUT2D eigenvalue weighted by Crippen LogP contribution is 2.36. The number of carbonyl (C=O) groups excluding carboxylic acids is 2. The van der Waals surface area contributed by atoms with Gasteiger partial charge in [0, 0.05) is 34.4 Å². The average Bonchev–Trinajstić information content (AvgIpc) is 3.75. The highest BCUT2D eigenvalue weighted by Gasteiger charge is 2.40. The summed E-state index contributed by atoms with van der Waals surface area (Å²) in [5.74, 6) is 1.08. The number of amides is 2. The zero-order chi connectivity index (χ0) is 22.9. The number of nitrogens with zero attached hydrogens (tertiary/aromatic N) is 3. The highest BCUT2D eigenvalue weighted by molar-refractivity contribution is 6.30. The maximum absolute atomic E-state index is 13.0. The Kier molecular flexibility index (Phi) is 5.81. The van der Waals surface area contributed by atoms with Crippen LogP contribution in [0.15, 0.2) is 54.7 Å². The first-order valence-electron chi connectivity index (χ1n) is 11.1. The normalized spacial score (nSPS) is 15.2. The smallest absolute Gasteiger partial charge is 0.246 e. The van der Waals surface area contributed by atoms with Crippen LogP contribution in [-0.4, -0.2) is 46.0 Å². The molecule has 0 bridgehead atoms. The Morgan fingerprint density at radius 3 is 2.39 bits per heavy atom. The third kappa shape index (κ3) is 4.88. The van der Waals surface area contributed by atoms with Gasteiger partial charge < -0.3 is 9.64 Å². The Balaban J connectivity index is 1.42. The Labute approximate surface area is 197 Å². The van der Waals surface area contributed by atoms with E-state index in [1.807, 2.05) is 47.2 Å². The second-order valence-corrected chi connectivity index (χ2v) is 8.98. The number of aromatic nitrogens is 2. The molecule has 1 N–H and O–H groups in total. The van der Waals surface area contributed by atoms with Crippen molar-refractivity contribution in [3.8, 4) is 22.7 Å². The molecule has 0 atom stereocenters. The van der Waals surface area contributed by atoms with Gasteiger partial charge in [0.1, 0.15) is 12.3 Å². The maximum atomic E-state index is 13.0. The zero-order valence-electron chi connectivity index (χ0n) is 18.3. The lowest BCUT2D eigenvalue weighted by Crippen LogP contribution is -2.40. The molecule has 2 fully saturated rings. The molecule has 7 nitrogen and oxygen atoms in total. The van der Waals surface area contributed by atoms with Crippen molar-refractivity contribution >= 4 is 29.4 Å². The quantitative estimate of drug-likeness (QED) is 0.531. The van der Waals surface area contributed by atoms with Gasteiger partial charge in [-0.25, -0.2) is 4.98 Å². The molecule has 0 saturated heterocycles. The maximum Gasteiger partial charge on any atom is 0.246 e. The van der Waals surface area contributed by atoms with Crippen LogP contribution in [0.4, 0.5) is 5.95 Å². The van der Waals surface area contributed by atoms with Crippen LogP contribution < -0.4 is 10.1 Å². The van der Waals surface area contributed by atoms with Crippen molar-refractivity contribution in [3.05, 3.63) is 59.8 Å². The Hall–Kier alpha value is -3.32. The molecule has 1 heterocycles. The summed E-state index contributed by atoms with van der Waals surface area (Å²) in [6, 6.07) is 15.1. The number of carbonyl (C=O) groups is 2. The predicted octanol–water partition coefficient (Wildman–Crippen LogP) is 4.54. The summed E-state index contributed by atoms with van der Waals surface area (Å²) in [7, 11) is 1.62. The van der Waals surface area contributed by atoms with Gasteiger partial charge >= 0.3 is 0 Å². The molecule has 5 rings (SSSR count). The Morgan fingerprint density at radius 1 is 1.09 bits per heavy atom. The van der Waals surface area contributed by atoms with Crippen LogP contribution in [0.3, 0.4) is 0 Å². The summed E-state index contributed by atoms with van der Waals surface area (Å²) < 4.78 is 7.08. The van der Waals surface area contributed by atoms with Crippen LogP contribution in [-0.2, 0) is 9.59 Å². The van der Waals surface area contributed by atoms with Crippen LogP contribution in [0.1, 0.15) is 25.7 Å². The minimum atomic E-state index is -0.251. The third-order valence-electron chi connectivity index (χ3n) is 5.96. The number of imidazole rings is 1. The first-order chi connectivity index (χ1) is 16.0. The van der Waals surface area contributed by atoms with Crippen molar-refractivity contribution in [2.75, 3.05) is 19.0 Å². The number of hydrogen-bond donors (Lipinski definition) is 1. The summed E-state index contributed by atoms with van der Waals surface area (Å²) >= 11 is 6.03. The van der Waals surface area contributed by atoms with Crippen LogP contribution >= 0.6 is 11.6 Å². The van der Waals surface area contributed by atoms with Gasteiger partial charge in [-0.2, -0.15) is 0 Å². The van der Waals surface area contributed by atoms with Gasteiger partial charge in [-0.05, 0) is 62.1 Å². The van der Waals surface area contributed by atoms with Gasteiger partial charge in [0.2, 0.25) is 17.8 Å². The monoisotopic (exact) mass is 464 g/mol. The molecule has 33 heavy (non-hydrogen) atoms. The summed E-state index contributed by atoms with van der Waals surface area (Å²) in [6.45, 7) is 0.0474. The summed E-state index contributed by atoms with van der Waals surface area (Å²) in [6.07, 6.45) is 5.65. The van der Waals surface area contributed by atoms with E-state index in [-0.39, 0.29) is 30.3 Å². The first kappa shape index (κ1) is 21.5. The van der Waals surface area contributed by atoms with Gasteiger partial charge in [0.05, 0.1) is 12.8 Å². The molecule has 3 aromatic rings. The van der Waals surface area contributed by atoms with Gasteiger partial charge in [0.15, 0.2) is 0 Å². The molecular formula is C25H25ClN4O3. The molecule has 0 unspecified atom stereocenters. The second kappa shape index (κ2) is 8.90. The topological polar surface area (TPSA) is 76.5 Å². The molecule has 0 spiro atoms. The van der Waals surface area contributed by atoms with Crippen LogP contribution in [0.2, 0.25) is 5.02 Å². The summed E-state index contributed by atoms with van der Waals surface area (Å²) in [5, 5.41) is 3.57. The minimum Gasteiger partial charge on any atom is -0.497 e. The van der Waals surface area contributed by atoms with Gasteiger partial charge in [-0.1, -0.05) is 23.7 Å². The molecule has 2 amide bonds. The first-order valence-corrected chi connectivity index (χ1v) is 11.5. The van der Waals surface area contributed by atoms with Gasteiger partial charge in [-0.3, -0.25) is 19.5 Å². The third-order valence-corrected chi connectivity index (χ3v) is 6.21. The van der Waals surface area contributed by atoms with Crippen molar-refractivity contribution < 1.29 is 14.3 Å². The zero-order valence-corrected chi connectivity index (χ0v) is 19.1. The Morgan fingerprint density at radius 2 is 1.79 bits per heavy atom. The number of rotatable bonds is 8. The van der Waals surface area contributed by atoms with E-state index >= 15 is 0 Å². The second-order valence-electron chi connectivity index (χ2n) is 8.54. The molecule has 2 saturated carbocycles. The minimum absolute atomic E-state index is 0.0474. The highest BCUT2D eigenvalue weighted by atomic mass is 35.5. The lowest BCUT2D eigenvalue weighted by molar-refractivity contribution is -0.136. The molecule has 2 aliphatic rings. The molecular weight excluding hydrogens is 440 g/mol. The van der Waals surface area contributed by atoms with Crippen molar-refractivity contribution in [1.29, 1.82) is 0 Å². The number of anilines is 1. The van der Waals surface area contributed by atoms with Crippen molar-refractivity contribution in [2.24, 2.45) is 5.92 Å². The summed E-state index contributed by atoms with van der Waals surface area (Å²) in [4.78, 5) is 32.1.